The number of thioether (sulfide) groups is 1. The molecule has 0 aliphatic heterocycles. The van der Waals surface area contributed by atoms with Gasteiger partial charge in [-0.05, 0) is 44.0 Å². The summed E-state index contributed by atoms with van der Waals surface area (Å²) >= 11 is 1.36. The van der Waals surface area contributed by atoms with Crippen molar-refractivity contribution in [3.63, 3.8) is 0 Å². The van der Waals surface area contributed by atoms with Crippen molar-refractivity contribution in [2.45, 2.75) is 25.9 Å². The summed E-state index contributed by atoms with van der Waals surface area (Å²) in [4.78, 5) is 18.9. The molecule has 1 N–H and O–H groups in total. The fourth-order valence-electron chi connectivity index (χ4n) is 1.64. The third-order valence-electron chi connectivity index (χ3n) is 2.71. The molecule has 2 rings (SSSR count). The molecule has 0 fully saturated rings. The number of rotatable bonds is 4. The van der Waals surface area contributed by atoms with Crippen molar-refractivity contribution in [3.05, 3.63) is 23.3 Å². The Hall–Kier alpha value is -1.49. The Morgan fingerprint density at radius 3 is 2.83 bits per heavy atom. The first-order valence-corrected chi connectivity index (χ1v) is 6.84. The van der Waals surface area contributed by atoms with Crippen LogP contribution in [0.15, 0.2) is 17.3 Å². The van der Waals surface area contributed by atoms with E-state index in [0.29, 0.717) is 6.61 Å². The number of aromatic nitrogens is 2. The number of carbonyl (C=O) groups is 1. The summed E-state index contributed by atoms with van der Waals surface area (Å²) in [7, 11) is 0. The van der Waals surface area contributed by atoms with E-state index in [1.165, 1.54) is 22.9 Å². The number of hydrogen-bond acceptors (Lipinski definition) is 4. The van der Waals surface area contributed by atoms with E-state index in [1.54, 1.807) is 6.92 Å². The Bertz CT molecular complexity index is 539. The summed E-state index contributed by atoms with van der Waals surface area (Å²) in [5, 5.41) is 0.753. The summed E-state index contributed by atoms with van der Waals surface area (Å²) < 4.78 is 4.87. The molecule has 1 heterocycles. The molecule has 2 aromatic rings. The van der Waals surface area contributed by atoms with Gasteiger partial charge in [0.05, 0.1) is 23.4 Å². The maximum Gasteiger partial charge on any atom is 0.316 e. The van der Waals surface area contributed by atoms with Gasteiger partial charge in [0.2, 0.25) is 0 Å². The molecule has 0 aliphatic carbocycles. The number of esters is 1. The van der Waals surface area contributed by atoms with Crippen LogP contribution >= 0.6 is 11.8 Å². The first-order chi connectivity index (χ1) is 8.60. The summed E-state index contributed by atoms with van der Waals surface area (Å²) in [5.74, 6) is 0.0707. The second kappa shape index (κ2) is 5.44. The van der Waals surface area contributed by atoms with Crippen LogP contribution in [0.3, 0.4) is 0 Å². The minimum atomic E-state index is -0.213. The number of imidazole rings is 1. The van der Waals surface area contributed by atoms with E-state index < -0.39 is 0 Å². The first kappa shape index (κ1) is 13.0. The molecule has 5 heteroatoms. The van der Waals surface area contributed by atoms with E-state index in [1.807, 2.05) is 0 Å². The molecule has 4 nitrogen and oxygen atoms in total. The minimum Gasteiger partial charge on any atom is -0.465 e. The summed E-state index contributed by atoms with van der Waals surface area (Å²) in [6, 6.07) is 4.13. The maximum atomic E-state index is 11.3. The smallest absolute Gasteiger partial charge is 0.316 e. The Morgan fingerprint density at radius 1 is 1.39 bits per heavy atom. The number of nitrogens with zero attached hydrogens (tertiary/aromatic N) is 1. The minimum absolute atomic E-state index is 0.213. The number of hydrogen-bond donors (Lipinski definition) is 1. The van der Waals surface area contributed by atoms with Crippen LogP contribution in [-0.2, 0) is 9.53 Å². The maximum absolute atomic E-state index is 11.3. The van der Waals surface area contributed by atoms with Gasteiger partial charge in [-0.15, -0.1) is 0 Å². The Morgan fingerprint density at radius 2 is 2.11 bits per heavy atom. The molecule has 0 aliphatic rings. The van der Waals surface area contributed by atoms with Crippen molar-refractivity contribution in [1.82, 2.24) is 9.97 Å². The summed E-state index contributed by atoms with van der Waals surface area (Å²) in [5.41, 5.74) is 4.39. The highest BCUT2D eigenvalue weighted by Crippen LogP contribution is 2.22. The number of aryl methyl sites for hydroxylation is 2. The second-order valence-corrected chi connectivity index (χ2v) is 5.05. The Kier molecular flexibility index (Phi) is 3.91. The number of carbonyl (C=O) groups excluding carboxylic acids is 1. The van der Waals surface area contributed by atoms with E-state index in [9.17, 15) is 4.79 Å². The van der Waals surface area contributed by atoms with E-state index in [0.717, 1.165) is 16.2 Å². The molecule has 0 unspecified atom stereocenters. The van der Waals surface area contributed by atoms with Gasteiger partial charge in [-0.3, -0.25) is 4.79 Å². The van der Waals surface area contributed by atoms with E-state index >= 15 is 0 Å². The standard InChI is InChI=1S/C13H16N2O2S/c1-4-17-12(16)7-18-13-14-10-5-8(2)9(3)6-11(10)15-13/h5-6H,4,7H2,1-3H3,(H,14,15). The van der Waals surface area contributed by atoms with Gasteiger partial charge in [-0.25, -0.2) is 4.98 Å². The lowest BCUT2D eigenvalue weighted by Crippen LogP contribution is -2.06. The van der Waals surface area contributed by atoms with E-state index in [2.05, 4.69) is 35.9 Å². The highest BCUT2D eigenvalue weighted by molar-refractivity contribution is 7.99. The average molecular weight is 264 g/mol. The number of H-pyrrole nitrogens is 1. The topological polar surface area (TPSA) is 55.0 Å². The lowest BCUT2D eigenvalue weighted by molar-refractivity contribution is -0.139. The molecule has 0 spiro atoms. The van der Waals surface area contributed by atoms with Crippen LogP contribution in [0, 0.1) is 13.8 Å². The van der Waals surface area contributed by atoms with Gasteiger partial charge in [-0.2, -0.15) is 0 Å². The van der Waals surface area contributed by atoms with Crippen molar-refractivity contribution in [2.24, 2.45) is 0 Å². The third-order valence-corrected chi connectivity index (χ3v) is 3.55. The molecular weight excluding hydrogens is 248 g/mol. The highest BCUT2D eigenvalue weighted by Gasteiger charge is 2.08. The van der Waals surface area contributed by atoms with Gasteiger partial charge in [0, 0.05) is 0 Å². The van der Waals surface area contributed by atoms with Crippen LogP contribution in [0.5, 0.6) is 0 Å². The Balaban J connectivity index is 2.13. The molecular formula is C13H16N2O2S. The van der Waals surface area contributed by atoms with Crippen LogP contribution in [0.2, 0.25) is 0 Å². The van der Waals surface area contributed by atoms with E-state index in [-0.39, 0.29) is 11.7 Å². The molecule has 96 valence electrons. The largest absolute Gasteiger partial charge is 0.465 e. The molecule has 0 saturated heterocycles. The fraction of sp³-hybridized carbons (Fsp3) is 0.385. The molecule has 0 bridgehead atoms. The quantitative estimate of drug-likeness (QED) is 0.681. The zero-order valence-electron chi connectivity index (χ0n) is 10.7. The zero-order chi connectivity index (χ0) is 13.1. The van der Waals surface area contributed by atoms with Crippen LogP contribution in [0.25, 0.3) is 11.0 Å². The second-order valence-electron chi connectivity index (χ2n) is 4.09. The average Bonchev–Trinajstić information content (AvgIpc) is 2.69. The van der Waals surface area contributed by atoms with Crippen LogP contribution in [-0.4, -0.2) is 28.3 Å². The SMILES string of the molecule is CCOC(=O)CSc1nc2cc(C)c(C)cc2[nH]1. The number of nitrogens with one attached hydrogen (secondary N) is 1. The molecule has 0 amide bonds. The first-order valence-electron chi connectivity index (χ1n) is 5.85. The van der Waals surface area contributed by atoms with Crippen molar-refractivity contribution < 1.29 is 9.53 Å². The number of ether oxygens (including phenoxy) is 1. The fourth-order valence-corrected chi connectivity index (χ4v) is 2.33. The van der Waals surface area contributed by atoms with E-state index in [4.69, 9.17) is 4.74 Å². The number of benzene rings is 1. The highest BCUT2D eigenvalue weighted by atomic mass is 32.2. The normalized spacial score (nSPS) is 10.8. The van der Waals surface area contributed by atoms with Crippen LogP contribution in [0.4, 0.5) is 0 Å². The van der Waals surface area contributed by atoms with Crippen LogP contribution in [0.1, 0.15) is 18.1 Å². The number of aromatic amines is 1. The zero-order valence-corrected chi connectivity index (χ0v) is 11.6. The van der Waals surface area contributed by atoms with Gasteiger partial charge in [0.1, 0.15) is 0 Å². The van der Waals surface area contributed by atoms with Crippen LogP contribution < -0.4 is 0 Å². The molecule has 18 heavy (non-hydrogen) atoms. The predicted molar refractivity (Wildman–Crippen MR) is 72.9 cm³/mol. The van der Waals surface area contributed by atoms with Crippen molar-refractivity contribution in [3.8, 4) is 0 Å². The van der Waals surface area contributed by atoms with Crippen molar-refractivity contribution in [2.75, 3.05) is 12.4 Å². The lowest BCUT2D eigenvalue weighted by Gasteiger charge is -1.98. The predicted octanol–water partition coefficient (Wildman–Crippen LogP) is 2.83. The van der Waals surface area contributed by atoms with Gasteiger partial charge >= 0.3 is 5.97 Å². The number of fused-ring (bicyclic) bond motifs is 1. The summed E-state index contributed by atoms with van der Waals surface area (Å²) in [6.45, 7) is 6.35. The molecule has 0 saturated carbocycles. The summed E-state index contributed by atoms with van der Waals surface area (Å²) in [6.07, 6.45) is 0. The molecule has 0 atom stereocenters. The van der Waals surface area contributed by atoms with Gasteiger partial charge in [-0.1, -0.05) is 11.8 Å². The van der Waals surface area contributed by atoms with Crippen molar-refractivity contribution in [1.29, 1.82) is 0 Å². The van der Waals surface area contributed by atoms with Gasteiger partial charge in [0.15, 0.2) is 5.16 Å². The lowest BCUT2D eigenvalue weighted by atomic mass is 10.1. The monoisotopic (exact) mass is 264 g/mol. The van der Waals surface area contributed by atoms with Gasteiger partial charge < -0.3 is 9.72 Å². The molecule has 0 radical (unpaired) electrons. The molecule has 1 aromatic heterocycles. The third kappa shape index (κ3) is 2.85. The Labute approximate surface area is 110 Å². The molecule has 1 aromatic carbocycles. The van der Waals surface area contributed by atoms with Crippen molar-refractivity contribution >= 4 is 28.8 Å². The van der Waals surface area contributed by atoms with Gasteiger partial charge in [0.25, 0.3) is 0 Å².